The van der Waals surface area contributed by atoms with Gasteiger partial charge in [-0.2, -0.15) is 0 Å². The van der Waals surface area contributed by atoms with Crippen LogP contribution in [0, 0.1) is 17.8 Å². The normalized spacial score (nSPS) is 16.7. The summed E-state index contributed by atoms with van der Waals surface area (Å²) in [7, 11) is -0.118. The molecule has 0 N–H and O–H groups in total. The molecule has 1 aliphatic rings. The highest BCUT2D eigenvalue weighted by Crippen LogP contribution is 2.45. The van der Waals surface area contributed by atoms with Gasteiger partial charge in [-0.25, -0.2) is 0 Å². The van der Waals surface area contributed by atoms with Crippen molar-refractivity contribution in [2.75, 3.05) is 20.4 Å². The van der Waals surface area contributed by atoms with Gasteiger partial charge in [0.1, 0.15) is 0 Å². The van der Waals surface area contributed by atoms with E-state index in [-0.39, 0.29) is 6.16 Å². The first-order valence-corrected chi connectivity index (χ1v) is 6.29. The summed E-state index contributed by atoms with van der Waals surface area (Å²) in [4.78, 5) is 0. The first-order valence-electron chi connectivity index (χ1n) is 4.57. The molecule has 14 heavy (non-hydrogen) atoms. The lowest BCUT2D eigenvalue weighted by atomic mass is 10.4. The molecule has 0 spiro atoms. The molecule has 0 aromatic carbocycles. The van der Waals surface area contributed by atoms with Crippen LogP contribution in [-0.4, -0.2) is 20.4 Å². The van der Waals surface area contributed by atoms with Crippen LogP contribution in [0.4, 0.5) is 0 Å². The van der Waals surface area contributed by atoms with Gasteiger partial charge in [0, 0.05) is 20.1 Å². The van der Waals surface area contributed by atoms with E-state index in [1.165, 1.54) is 27.1 Å². The Morgan fingerprint density at radius 2 is 2.07 bits per heavy atom. The molecule has 0 unspecified atom stereocenters. The number of hydrogen-bond acceptors (Lipinski definition) is 3. The second-order valence-electron chi connectivity index (χ2n) is 3.12. The van der Waals surface area contributed by atoms with Gasteiger partial charge in [0.15, 0.2) is 0 Å². The standard InChI is InChI=1S/C10H15O3P/c1-12-14(11,13-2)9-5-3-4-6-10-7-8-10/h3,5,10H,7-9H2,1-2H3/b5-3+. The van der Waals surface area contributed by atoms with E-state index in [0.29, 0.717) is 5.92 Å². The minimum atomic E-state index is -2.88. The second-order valence-corrected chi connectivity index (χ2v) is 5.44. The van der Waals surface area contributed by atoms with Crippen molar-refractivity contribution in [1.29, 1.82) is 0 Å². The molecule has 0 amide bonds. The zero-order valence-electron chi connectivity index (χ0n) is 8.53. The fourth-order valence-corrected chi connectivity index (χ4v) is 1.67. The van der Waals surface area contributed by atoms with Gasteiger partial charge in [-0.1, -0.05) is 17.9 Å². The highest BCUT2D eigenvalue weighted by Gasteiger charge is 2.18. The molecule has 0 aromatic rings. The van der Waals surface area contributed by atoms with Crippen LogP contribution < -0.4 is 0 Å². The van der Waals surface area contributed by atoms with E-state index >= 15 is 0 Å². The molecule has 0 atom stereocenters. The quantitative estimate of drug-likeness (QED) is 0.532. The van der Waals surface area contributed by atoms with E-state index in [0.717, 1.165) is 0 Å². The van der Waals surface area contributed by atoms with E-state index in [1.807, 2.05) is 0 Å². The first-order chi connectivity index (χ1) is 6.70. The molecule has 0 radical (unpaired) electrons. The Balaban J connectivity index is 2.31. The Bertz CT molecular complexity index is 299. The summed E-state index contributed by atoms with van der Waals surface area (Å²) in [6.07, 6.45) is 6.15. The molecular weight excluding hydrogens is 199 g/mol. The molecule has 1 saturated carbocycles. The van der Waals surface area contributed by atoms with Gasteiger partial charge in [0.05, 0.1) is 6.16 Å². The first kappa shape index (κ1) is 11.5. The van der Waals surface area contributed by atoms with Crippen LogP contribution in [0.1, 0.15) is 12.8 Å². The lowest BCUT2D eigenvalue weighted by molar-refractivity contribution is 0.279. The number of allylic oxidation sites excluding steroid dienone is 2. The highest BCUT2D eigenvalue weighted by atomic mass is 31.2. The van der Waals surface area contributed by atoms with Crippen molar-refractivity contribution in [3.05, 3.63) is 12.2 Å². The average Bonchev–Trinajstić information content (AvgIpc) is 3.01. The topological polar surface area (TPSA) is 35.5 Å². The SMILES string of the molecule is COP(=O)(C/C=C/C#CC1CC1)OC. The van der Waals surface area contributed by atoms with E-state index in [9.17, 15) is 4.57 Å². The summed E-state index contributed by atoms with van der Waals surface area (Å²) in [6.45, 7) is 0. The van der Waals surface area contributed by atoms with E-state index in [2.05, 4.69) is 11.8 Å². The molecule has 0 saturated heterocycles. The molecule has 4 heteroatoms. The van der Waals surface area contributed by atoms with Gasteiger partial charge < -0.3 is 9.05 Å². The van der Waals surface area contributed by atoms with Crippen molar-refractivity contribution in [2.45, 2.75) is 12.8 Å². The fraction of sp³-hybridized carbons (Fsp3) is 0.600. The van der Waals surface area contributed by atoms with Crippen molar-refractivity contribution in [1.82, 2.24) is 0 Å². The predicted molar refractivity (Wildman–Crippen MR) is 56.1 cm³/mol. The summed E-state index contributed by atoms with van der Waals surface area (Å²) in [5.74, 6) is 6.57. The summed E-state index contributed by atoms with van der Waals surface area (Å²) in [6, 6.07) is 0. The van der Waals surface area contributed by atoms with Gasteiger partial charge in [-0.3, -0.25) is 4.57 Å². The van der Waals surface area contributed by atoms with Crippen LogP contribution in [0.3, 0.4) is 0 Å². The van der Waals surface area contributed by atoms with Gasteiger partial charge in [-0.15, -0.1) is 0 Å². The van der Waals surface area contributed by atoms with E-state index in [4.69, 9.17) is 9.05 Å². The van der Waals surface area contributed by atoms with Crippen LogP contribution in [0.5, 0.6) is 0 Å². The van der Waals surface area contributed by atoms with Crippen LogP contribution in [0.2, 0.25) is 0 Å². The number of hydrogen-bond donors (Lipinski definition) is 0. The van der Waals surface area contributed by atoms with Gasteiger partial charge >= 0.3 is 7.60 Å². The predicted octanol–water partition coefficient (Wildman–Crippen LogP) is 2.44. The van der Waals surface area contributed by atoms with Crippen molar-refractivity contribution >= 4 is 7.60 Å². The maximum Gasteiger partial charge on any atom is 0.333 e. The zero-order valence-corrected chi connectivity index (χ0v) is 9.42. The zero-order chi connectivity index (χ0) is 10.4. The minimum absolute atomic E-state index is 0.277. The Morgan fingerprint density at radius 3 is 2.57 bits per heavy atom. The van der Waals surface area contributed by atoms with Crippen LogP contribution in [0.25, 0.3) is 0 Å². The molecule has 0 aliphatic heterocycles. The van der Waals surface area contributed by atoms with E-state index in [1.54, 1.807) is 12.2 Å². The summed E-state index contributed by atoms with van der Waals surface area (Å²) >= 11 is 0. The minimum Gasteiger partial charge on any atom is -0.312 e. The molecule has 0 bridgehead atoms. The summed E-state index contributed by atoms with van der Waals surface area (Å²) in [5.41, 5.74) is 0. The van der Waals surface area contributed by atoms with Crippen LogP contribution in [0.15, 0.2) is 12.2 Å². The molecule has 1 fully saturated rings. The molecule has 3 nitrogen and oxygen atoms in total. The second kappa shape index (κ2) is 5.36. The third-order valence-corrected chi connectivity index (χ3v) is 3.72. The average molecular weight is 214 g/mol. The van der Waals surface area contributed by atoms with Crippen LogP contribution >= 0.6 is 7.60 Å². The van der Waals surface area contributed by atoms with Gasteiger partial charge in [0.25, 0.3) is 0 Å². The fourth-order valence-electron chi connectivity index (χ4n) is 0.858. The molecule has 1 aliphatic carbocycles. The molecule has 0 aromatic heterocycles. The smallest absolute Gasteiger partial charge is 0.312 e. The largest absolute Gasteiger partial charge is 0.333 e. The van der Waals surface area contributed by atoms with Gasteiger partial charge in [-0.05, 0) is 18.9 Å². The Kier molecular flexibility index (Phi) is 4.41. The van der Waals surface area contributed by atoms with Crippen molar-refractivity contribution in [3.63, 3.8) is 0 Å². The van der Waals surface area contributed by atoms with Crippen LogP contribution in [-0.2, 0) is 13.6 Å². The molecule has 1 rings (SSSR count). The third kappa shape index (κ3) is 4.11. The summed E-state index contributed by atoms with van der Waals surface area (Å²) < 4.78 is 21.0. The van der Waals surface area contributed by atoms with Crippen molar-refractivity contribution in [3.8, 4) is 11.8 Å². The molecule has 0 heterocycles. The van der Waals surface area contributed by atoms with Gasteiger partial charge in [0.2, 0.25) is 0 Å². The summed E-state index contributed by atoms with van der Waals surface area (Å²) in [5, 5.41) is 0. The highest BCUT2D eigenvalue weighted by molar-refractivity contribution is 7.54. The Morgan fingerprint density at radius 1 is 1.43 bits per heavy atom. The maximum absolute atomic E-state index is 11.5. The Labute approximate surface area is 85.0 Å². The Hall–Kier alpha value is -0.550. The van der Waals surface area contributed by atoms with Crippen molar-refractivity contribution in [2.24, 2.45) is 5.92 Å². The third-order valence-electron chi connectivity index (χ3n) is 1.95. The molecular formula is C10H15O3P. The maximum atomic E-state index is 11.5. The van der Waals surface area contributed by atoms with E-state index < -0.39 is 7.60 Å². The lowest BCUT2D eigenvalue weighted by Gasteiger charge is -2.09. The lowest BCUT2D eigenvalue weighted by Crippen LogP contribution is -1.91. The number of rotatable bonds is 4. The van der Waals surface area contributed by atoms with Crippen molar-refractivity contribution < 1.29 is 13.6 Å². The molecule has 78 valence electrons. The monoisotopic (exact) mass is 214 g/mol.